The van der Waals surface area contributed by atoms with Crippen LogP contribution in [0, 0.1) is 0 Å². The van der Waals surface area contributed by atoms with Gasteiger partial charge in [-0.3, -0.25) is 9.52 Å². The van der Waals surface area contributed by atoms with Gasteiger partial charge in [0.2, 0.25) is 5.91 Å². The molecule has 0 bridgehead atoms. The number of nitrogens with one attached hydrogen (secondary N) is 2. The van der Waals surface area contributed by atoms with Crippen molar-refractivity contribution in [3.63, 3.8) is 0 Å². The van der Waals surface area contributed by atoms with E-state index in [9.17, 15) is 13.2 Å². The van der Waals surface area contributed by atoms with E-state index in [1.54, 1.807) is 42.5 Å². The molecule has 1 aromatic heterocycles. The minimum absolute atomic E-state index is 0.143. The van der Waals surface area contributed by atoms with Gasteiger partial charge in [0, 0.05) is 5.69 Å². The lowest BCUT2D eigenvalue weighted by atomic mass is 10.3. The molecule has 0 atom stereocenters. The summed E-state index contributed by atoms with van der Waals surface area (Å²) in [6.07, 6.45) is 0. The summed E-state index contributed by atoms with van der Waals surface area (Å²) in [5.41, 5.74) is 1.71. The fourth-order valence-corrected chi connectivity index (χ4v) is 4.86. The molecule has 31 heavy (non-hydrogen) atoms. The molecule has 0 aliphatic heterocycles. The van der Waals surface area contributed by atoms with Crippen LogP contribution in [0.1, 0.15) is 5.01 Å². The van der Waals surface area contributed by atoms with Gasteiger partial charge in [-0.25, -0.2) is 13.4 Å². The summed E-state index contributed by atoms with van der Waals surface area (Å²) in [4.78, 5) is 16.8. The van der Waals surface area contributed by atoms with Crippen molar-refractivity contribution in [1.82, 2.24) is 4.98 Å². The van der Waals surface area contributed by atoms with Gasteiger partial charge in [0.1, 0.15) is 11.6 Å². The van der Waals surface area contributed by atoms with E-state index < -0.39 is 10.0 Å². The number of nitrogens with zero attached hydrogens (tertiary/aromatic N) is 1. The van der Waals surface area contributed by atoms with Gasteiger partial charge in [-0.15, -0.1) is 11.3 Å². The summed E-state index contributed by atoms with van der Waals surface area (Å²) in [5.74, 6) is -0.343. The smallest absolute Gasteiger partial charge is 0.261 e. The molecule has 0 spiro atoms. The van der Waals surface area contributed by atoms with Gasteiger partial charge in [0.15, 0.2) is 0 Å². The number of rotatable bonds is 8. The molecular weight excluding hydrogens is 434 g/mol. The summed E-state index contributed by atoms with van der Waals surface area (Å²) in [6.45, 7) is 0.0968. The predicted molar refractivity (Wildman–Crippen MR) is 122 cm³/mol. The third-order valence-electron chi connectivity index (χ3n) is 4.25. The van der Waals surface area contributed by atoms with Gasteiger partial charge in [-0.05, 0) is 42.5 Å². The average Bonchev–Trinajstić information content (AvgIpc) is 3.17. The van der Waals surface area contributed by atoms with Crippen molar-refractivity contribution < 1.29 is 17.9 Å². The molecule has 0 saturated heterocycles. The molecule has 0 fully saturated rings. The highest BCUT2D eigenvalue weighted by Gasteiger charge is 2.14. The molecule has 0 unspecified atom stereocenters. The van der Waals surface area contributed by atoms with Crippen molar-refractivity contribution >= 4 is 48.9 Å². The Morgan fingerprint density at radius 3 is 2.48 bits per heavy atom. The molecule has 2 N–H and O–H groups in total. The highest BCUT2D eigenvalue weighted by atomic mass is 32.2. The molecule has 0 aliphatic rings. The molecule has 1 heterocycles. The van der Waals surface area contributed by atoms with Crippen LogP contribution in [0.4, 0.5) is 11.4 Å². The van der Waals surface area contributed by atoms with Gasteiger partial charge in [-0.2, -0.15) is 0 Å². The van der Waals surface area contributed by atoms with Gasteiger partial charge < -0.3 is 10.1 Å². The van der Waals surface area contributed by atoms with E-state index >= 15 is 0 Å². The van der Waals surface area contributed by atoms with Crippen molar-refractivity contribution in [1.29, 1.82) is 0 Å². The number of benzene rings is 3. The Hall–Kier alpha value is -3.27. The summed E-state index contributed by atoms with van der Waals surface area (Å²) < 4.78 is 34.0. The van der Waals surface area contributed by atoms with E-state index in [0.29, 0.717) is 11.4 Å². The first-order valence-electron chi connectivity index (χ1n) is 9.40. The molecule has 0 saturated carbocycles. The van der Waals surface area contributed by atoms with E-state index in [4.69, 9.17) is 4.74 Å². The van der Waals surface area contributed by atoms with Crippen molar-refractivity contribution in [3.05, 3.63) is 83.9 Å². The number of hydrogen-bond acceptors (Lipinski definition) is 6. The zero-order chi connectivity index (χ0) is 21.7. The number of hydrogen-bond donors (Lipinski definition) is 2. The number of fused-ring (bicyclic) bond motifs is 1. The van der Waals surface area contributed by atoms with Crippen LogP contribution < -0.4 is 10.0 Å². The van der Waals surface area contributed by atoms with Gasteiger partial charge in [0.05, 0.1) is 27.4 Å². The van der Waals surface area contributed by atoms with Crippen LogP contribution in [0.3, 0.4) is 0 Å². The van der Waals surface area contributed by atoms with Crippen molar-refractivity contribution in [2.24, 2.45) is 0 Å². The van der Waals surface area contributed by atoms with E-state index in [-0.39, 0.29) is 24.0 Å². The van der Waals surface area contributed by atoms with Crippen molar-refractivity contribution in [2.75, 3.05) is 16.6 Å². The zero-order valence-electron chi connectivity index (χ0n) is 16.3. The second-order valence-corrected chi connectivity index (χ2v) is 9.41. The fourth-order valence-electron chi connectivity index (χ4n) is 2.88. The first-order chi connectivity index (χ1) is 15.0. The lowest BCUT2D eigenvalue weighted by Gasteiger charge is -2.10. The normalized spacial score (nSPS) is 11.4. The monoisotopic (exact) mass is 453 g/mol. The number of thiazole rings is 1. The summed E-state index contributed by atoms with van der Waals surface area (Å²) >= 11 is 1.53. The Morgan fingerprint density at radius 2 is 1.68 bits per heavy atom. The number of sulfonamides is 1. The highest BCUT2D eigenvalue weighted by molar-refractivity contribution is 7.92. The van der Waals surface area contributed by atoms with Gasteiger partial charge in [-0.1, -0.05) is 36.4 Å². The lowest BCUT2D eigenvalue weighted by Crippen LogP contribution is -2.18. The first-order valence-corrected chi connectivity index (χ1v) is 11.7. The summed E-state index contributed by atoms with van der Waals surface area (Å²) in [6, 6.07) is 22.3. The third kappa shape index (κ3) is 5.46. The number of para-hydroxylation sites is 1. The Bertz CT molecular complexity index is 1270. The maximum absolute atomic E-state index is 12.5. The maximum Gasteiger partial charge on any atom is 0.261 e. The predicted octanol–water partition coefficient (Wildman–Crippen LogP) is 4.25. The SMILES string of the molecule is O=C(COCc1nc2ccccc2s1)Nc1cccc(NS(=O)(=O)c2ccccc2)c1. The van der Waals surface area contributed by atoms with Crippen LogP contribution in [0.2, 0.25) is 0 Å². The van der Waals surface area contributed by atoms with Gasteiger partial charge in [0.25, 0.3) is 10.0 Å². The molecular formula is C22H19N3O4S2. The fraction of sp³-hybridized carbons (Fsp3) is 0.0909. The number of amides is 1. The second-order valence-electron chi connectivity index (χ2n) is 6.62. The minimum Gasteiger partial charge on any atom is -0.364 e. The molecule has 3 aromatic carbocycles. The topological polar surface area (TPSA) is 97.4 Å². The third-order valence-corrected chi connectivity index (χ3v) is 6.66. The summed E-state index contributed by atoms with van der Waals surface area (Å²) in [7, 11) is -3.71. The summed E-state index contributed by atoms with van der Waals surface area (Å²) in [5, 5.41) is 3.50. The van der Waals surface area contributed by atoms with Gasteiger partial charge >= 0.3 is 0 Å². The number of anilines is 2. The van der Waals surface area contributed by atoms with E-state index in [1.165, 1.54) is 23.5 Å². The van der Waals surface area contributed by atoms with E-state index in [2.05, 4.69) is 15.0 Å². The highest BCUT2D eigenvalue weighted by Crippen LogP contribution is 2.22. The van der Waals surface area contributed by atoms with Crippen LogP contribution >= 0.6 is 11.3 Å². The minimum atomic E-state index is -3.71. The van der Waals surface area contributed by atoms with Crippen molar-refractivity contribution in [3.8, 4) is 0 Å². The molecule has 158 valence electrons. The quantitative estimate of drug-likeness (QED) is 0.416. The second kappa shape index (κ2) is 9.25. The van der Waals surface area contributed by atoms with E-state index in [1.807, 2.05) is 24.3 Å². The number of aromatic nitrogens is 1. The van der Waals surface area contributed by atoms with Crippen molar-refractivity contribution in [2.45, 2.75) is 11.5 Å². The molecule has 4 rings (SSSR count). The Labute approximate surface area is 183 Å². The average molecular weight is 454 g/mol. The standard InChI is InChI=1S/C22H19N3O4S2/c26-21(14-29-15-22-24-19-11-4-5-12-20(19)30-22)23-16-7-6-8-17(13-16)25-31(27,28)18-9-2-1-3-10-18/h1-13,25H,14-15H2,(H,23,26). The largest absolute Gasteiger partial charge is 0.364 e. The number of carbonyl (C=O) groups excluding carboxylic acids is 1. The lowest BCUT2D eigenvalue weighted by molar-refractivity contribution is -0.121. The Kier molecular flexibility index (Phi) is 6.26. The van der Waals surface area contributed by atoms with Crippen LogP contribution in [0.15, 0.2) is 83.8 Å². The van der Waals surface area contributed by atoms with Crippen LogP contribution in [0.5, 0.6) is 0 Å². The molecule has 0 radical (unpaired) electrons. The molecule has 4 aromatic rings. The maximum atomic E-state index is 12.5. The molecule has 0 aliphatic carbocycles. The van der Waals surface area contributed by atoms with Crippen LogP contribution in [-0.2, 0) is 26.2 Å². The number of ether oxygens (including phenoxy) is 1. The molecule has 1 amide bonds. The van der Waals surface area contributed by atoms with Crippen LogP contribution in [0.25, 0.3) is 10.2 Å². The van der Waals surface area contributed by atoms with E-state index in [0.717, 1.165) is 15.2 Å². The number of carbonyl (C=O) groups is 1. The zero-order valence-corrected chi connectivity index (χ0v) is 17.9. The van der Waals surface area contributed by atoms with Crippen LogP contribution in [-0.4, -0.2) is 25.9 Å². The first kappa shape index (κ1) is 21.0. The molecule has 9 heteroatoms. The Balaban J connectivity index is 1.32. The molecule has 7 nitrogen and oxygen atoms in total. The Morgan fingerprint density at radius 1 is 0.935 bits per heavy atom.